The molecule has 0 fully saturated rings. The van der Waals surface area contributed by atoms with Gasteiger partial charge in [-0.15, -0.1) is 0 Å². The van der Waals surface area contributed by atoms with Crippen LogP contribution in [0.15, 0.2) is 51.8 Å². The molecule has 1 atom stereocenters. The molecule has 0 aliphatic carbocycles. The fraction of sp³-hybridized carbons (Fsp3) is 0.0769. The third kappa shape index (κ3) is 3.34. The Labute approximate surface area is 122 Å². The molecule has 2 N–H and O–H groups in total. The molecule has 0 spiro atoms. The Morgan fingerprint density at radius 2 is 2.00 bits per heavy atom. The number of halogens is 2. The maximum atomic E-state index is 12.2. The number of hydrogen-bond acceptors (Lipinski definition) is 2. The van der Waals surface area contributed by atoms with Gasteiger partial charge in [-0.1, -0.05) is 39.7 Å². The third-order valence-corrected chi connectivity index (χ3v) is 4.53. The van der Waals surface area contributed by atoms with E-state index in [0.717, 1.165) is 10.0 Å². The van der Waals surface area contributed by atoms with Crippen molar-refractivity contribution < 1.29 is 4.21 Å². The van der Waals surface area contributed by atoms with Gasteiger partial charge in [-0.3, -0.25) is 4.21 Å². The topological polar surface area (TPSA) is 43.1 Å². The Hall–Kier alpha value is -0.840. The molecule has 2 aromatic carbocycles. The van der Waals surface area contributed by atoms with Gasteiger partial charge in [-0.05, 0) is 35.9 Å². The average molecular weight is 345 g/mol. The number of benzene rings is 2. The van der Waals surface area contributed by atoms with Crippen LogP contribution in [-0.2, 0) is 16.6 Å². The first-order valence-electron chi connectivity index (χ1n) is 5.24. The predicted molar refractivity (Wildman–Crippen MR) is 80.1 cm³/mol. The number of nitrogen functional groups attached to an aromatic ring is 1. The fourth-order valence-corrected chi connectivity index (χ4v) is 3.36. The lowest BCUT2D eigenvalue weighted by atomic mass is 10.2. The Balaban J connectivity index is 2.21. The van der Waals surface area contributed by atoms with Gasteiger partial charge in [-0.2, -0.15) is 0 Å². The molecule has 0 saturated carbocycles. The van der Waals surface area contributed by atoms with E-state index in [1.54, 1.807) is 24.3 Å². The molecule has 2 aromatic rings. The minimum atomic E-state index is -1.14. The van der Waals surface area contributed by atoms with E-state index in [1.165, 1.54) is 0 Å². The highest BCUT2D eigenvalue weighted by Crippen LogP contribution is 2.22. The molecule has 0 bridgehead atoms. The van der Waals surface area contributed by atoms with Crippen LogP contribution in [0.1, 0.15) is 5.56 Å². The van der Waals surface area contributed by atoms with Gasteiger partial charge in [0.1, 0.15) is 0 Å². The summed E-state index contributed by atoms with van der Waals surface area (Å²) in [6.45, 7) is 0. The molecule has 2 nitrogen and oxygen atoms in total. The van der Waals surface area contributed by atoms with Crippen LogP contribution in [0.3, 0.4) is 0 Å². The maximum Gasteiger partial charge on any atom is 0.0575 e. The van der Waals surface area contributed by atoms with Crippen LogP contribution in [0, 0.1) is 0 Å². The first-order chi connectivity index (χ1) is 8.56. The minimum absolute atomic E-state index is 0.388. The Morgan fingerprint density at radius 1 is 1.22 bits per heavy atom. The molecule has 5 heteroatoms. The Kier molecular flexibility index (Phi) is 4.43. The zero-order valence-electron chi connectivity index (χ0n) is 9.40. The third-order valence-electron chi connectivity index (χ3n) is 2.45. The molecule has 0 aliphatic rings. The lowest BCUT2D eigenvalue weighted by Gasteiger charge is -2.06. The molecule has 0 saturated heterocycles. The van der Waals surface area contributed by atoms with E-state index < -0.39 is 10.8 Å². The first kappa shape index (κ1) is 13.6. The summed E-state index contributed by atoms with van der Waals surface area (Å²) < 4.78 is 13.1. The minimum Gasteiger partial charge on any atom is -0.398 e. The van der Waals surface area contributed by atoms with Crippen molar-refractivity contribution in [3.05, 3.63) is 57.5 Å². The van der Waals surface area contributed by atoms with Crippen LogP contribution in [0.4, 0.5) is 5.69 Å². The molecule has 94 valence electrons. The normalized spacial score (nSPS) is 12.3. The largest absolute Gasteiger partial charge is 0.398 e. The van der Waals surface area contributed by atoms with Gasteiger partial charge in [0.15, 0.2) is 0 Å². The van der Waals surface area contributed by atoms with Gasteiger partial charge in [0.25, 0.3) is 0 Å². The smallest absolute Gasteiger partial charge is 0.0575 e. The van der Waals surface area contributed by atoms with E-state index in [4.69, 9.17) is 17.3 Å². The summed E-state index contributed by atoms with van der Waals surface area (Å²) in [5.41, 5.74) is 7.40. The predicted octanol–water partition coefficient (Wildman–Crippen LogP) is 3.99. The van der Waals surface area contributed by atoms with Crippen molar-refractivity contribution in [2.24, 2.45) is 0 Å². The standard InChI is InChI=1S/C13H11BrClNOS/c14-10-5-4-9(13(16)6-10)8-18(17)12-3-1-2-11(15)7-12/h1-7H,8,16H2. The molecule has 2 rings (SSSR count). The summed E-state index contributed by atoms with van der Waals surface area (Å²) in [4.78, 5) is 0.713. The van der Waals surface area contributed by atoms with E-state index in [9.17, 15) is 4.21 Å². The van der Waals surface area contributed by atoms with E-state index in [-0.39, 0.29) is 0 Å². The van der Waals surface area contributed by atoms with Crippen molar-refractivity contribution in [1.29, 1.82) is 0 Å². The van der Waals surface area contributed by atoms with Crippen molar-refractivity contribution in [3.63, 3.8) is 0 Å². The first-order valence-corrected chi connectivity index (χ1v) is 7.73. The lowest BCUT2D eigenvalue weighted by molar-refractivity contribution is 0.682. The van der Waals surface area contributed by atoms with Crippen molar-refractivity contribution >= 4 is 44.0 Å². The number of hydrogen-bond donors (Lipinski definition) is 1. The molecular weight excluding hydrogens is 334 g/mol. The highest BCUT2D eigenvalue weighted by molar-refractivity contribution is 9.10. The summed E-state index contributed by atoms with van der Waals surface area (Å²) in [6.07, 6.45) is 0. The van der Waals surface area contributed by atoms with Gasteiger partial charge >= 0.3 is 0 Å². The number of rotatable bonds is 3. The summed E-state index contributed by atoms with van der Waals surface area (Å²) >= 11 is 9.22. The highest BCUT2D eigenvalue weighted by atomic mass is 79.9. The summed E-state index contributed by atoms with van der Waals surface area (Å²) in [5.74, 6) is 0.388. The number of nitrogens with two attached hydrogens (primary N) is 1. The summed E-state index contributed by atoms with van der Waals surface area (Å²) in [5, 5.41) is 0.588. The highest BCUT2D eigenvalue weighted by Gasteiger charge is 2.08. The van der Waals surface area contributed by atoms with Crippen molar-refractivity contribution in [2.45, 2.75) is 10.6 Å². The monoisotopic (exact) mass is 343 g/mol. The Morgan fingerprint density at radius 3 is 2.67 bits per heavy atom. The van der Waals surface area contributed by atoms with Crippen molar-refractivity contribution in [3.8, 4) is 0 Å². The van der Waals surface area contributed by atoms with Gasteiger partial charge in [-0.25, -0.2) is 0 Å². The second-order valence-electron chi connectivity index (χ2n) is 3.79. The quantitative estimate of drug-likeness (QED) is 0.855. The number of anilines is 1. The van der Waals surface area contributed by atoms with Crippen molar-refractivity contribution in [1.82, 2.24) is 0 Å². The average Bonchev–Trinajstić information content (AvgIpc) is 2.32. The molecule has 0 heterocycles. The molecular formula is C13H11BrClNOS. The van der Waals surface area contributed by atoms with Gasteiger partial charge < -0.3 is 5.73 Å². The van der Waals surface area contributed by atoms with E-state index >= 15 is 0 Å². The van der Waals surface area contributed by atoms with E-state index in [0.29, 0.717) is 21.4 Å². The molecule has 0 amide bonds. The fourth-order valence-electron chi connectivity index (χ4n) is 1.53. The second kappa shape index (κ2) is 5.87. The van der Waals surface area contributed by atoms with Crippen LogP contribution in [0.5, 0.6) is 0 Å². The van der Waals surface area contributed by atoms with Gasteiger partial charge in [0, 0.05) is 20.1 Å². The Bertz CT molecular complexity index is 603. The molecule has 0 aromatic heterocycles. The van der Waals surface area contributed by atoms with Crippen LogP contribution in [0.2, 0.25) is 5.02 Å². The lowest BCUT2D eigenvalue weighted by Crippen LogP contribution is -2.00. The molecule has 18 heavy (non-hydrogen) atoms. The SMILES string of the molecule is Nc1cc(Br)ccc1CS(=O)c1cccc(Cl)c1. The van der Waals surface area contributed by atoms with Crippen LogP contribution < -0.4 is 5.73 Å². The summed E-state index contributed by atoms with van der Waals surface area (Å²) in [6, 6.07) is 12.6. The maximum absolute atomic E-state index is 12.2. The summed E-state index contributed by atoms with van der Waals surface area (Å²) in [7, 11) is -1.14. The van der Waals surface area contributed by atoms with Gasteiger partial charge in [0.05, 0.1) is 16.6 Å². The van der Waals surface area contributed by atoms with Crippen LogP contribution in [-0.4, -0.2) is 4.21 Å². The van der Waals surface area contributed by atoms with Crippen LogP contribution in [0.25, 0.3) is 0 Å². The van der Waals surface area contributed by atoms with E-state index in [1.807, 2.05) is 18.2 Å². The van der Waals surface area contributed by atoms with Crippen molar-refractivity contribution in [2.75, 3.05) is 5.73 Å². The van der Waals surface area contributed by atoms with E-state index in [2.05, 4.69) is 15.9 Å². The molecule has 0 aliphatic heterocycles. The molecule has 0 radical (unpaired) electrons. The second-order valence-corrected chi connectivity index (χ2v) is 6.59. The van der Waals surface area contributed by atoms with Crippen LogP contribution >= 0.6 is 27.5 Å². The molecule has 1 unspecified atom stereocenters. The zero-order chi connectivity index (χ0) is 13.1. The zero-order valence-corrected chi connectivity index (χ0v) is 12.6. The van der Waals surface area contributed by atoms with Gasteiger partial charge in [0.2, 0.25) is 0 Å².